The number of halogens is 4. The standard InChI is InChI=1S/C28H23ClF3N7/c29-19-6-4-17(5-7-19)16-37-10-12-38(13-11-37)28-34-25(18-2-1-3-20(30)14-18)24-26(33)39(36-27(24)35-28)23-15-21(31)8-9-22(23)32/h1-9,14-15H,10-13,16,33H2. The number of nitrogen functional groups attached to an aromatic ring is 1. The Morgan fingerprint density at radius 1 is 0.846 bits per heavy atom. The predicted molar refractivity (Wildman–Crippen MR) is 145 cm³/mol. The smallest absolute Gasteiger partial charge is 0.228 e. The minimum Gasteiger partial charge on any atom is -0.383 e. The molecule has 6 rings (SSSR count). The van der Waals surface area contributed by atoms with E-state index in [1.54, 1.807) is 12.1 Å². The van der Waals surface area contributed by atoms with Crippen LogP contribution >= 0.6 is 11.6 Å². The van der Waals surface area contributed by atoms with Gasteiger partial charge in [0.05, 0.1) is 11.1 Å². The fourth-order valence-corrected chi connectivity index (χ4v) is 4.90. The van der Waals surface area contributed by atoms with Crippen LogP contribution in [0.25, 0.3) is 28.0 Å². The topological polar surface area (TPSA) is 76.1 Å². The van der Waals surface area contributed by atoms with Gasteiger partial charge < -0.3 is 10.6 Å². The van der Waals surface area contributed by atoms with Gasteiger partial charge in [0.25, 0.3) is 0 Å². The third-order valence-electron chi connectivity index (χ3n) is 6.77. The van der Waals surface area contributed by atoms with Crippen LogP contribution in [0.5, 0.6) is 0 Å². The number of piperazine rings is 1. The fraction of sp³-hybridized carbons (Fsp3) is 0.179. The molecule has 5 aromatic rings. The monoisotopic (exact) mass is 549 g/mol. The Hall–Kier alpha value is -4.15. The molecule has 1 saturated heterocycles. The SMILES string of the molecule is Nc1c2c(-c3cccc(F)c3)nc(N3CCN(Cc4ccc(Cl)cc4)CC3)nc2nn1-c1cc(F)ccc1F. The summed E-state index contributed by atoms with van der Waals surface area (Å²) in [5.74, 6) is -1.36. The van der Waals surface area contributed by atoms with Crippen LogP contribution in [0.4, 0.5) is 24.9 Å². The van der Waals surface area contributed by atoms with E-state index in [1.165, 1.54) is 17.7 Å². The van der Waals surface area contributed by atoms with E-state index in [-0.39, 0.29) is 17.2 Å². The summed E-state index contributed by atoms with van der Waals surface area (Å²) >= 11 is 6.00. The van der Waals surface area contributed by atoms with Crippen LogP contribution in [0.3, 0.4) is 0 Å². The number of hydrogen-bond donors (Lipinski definition) is 1. The van der Waals surface area contributed by atoms with Crippen molar-refractivity contribution >= 4 is 34.4 Å². The molecule has 0 unspecified atom stereocenters. The van der Waals surface area contributed by atoms with Crippen molar-refractivity contribution in [1.82, 2.24) is 24.6 Å². The fourth-order valence-electron chi connectivity index (χ4n) is 4.77. The van der Waals surface area contributed by atoms with E-state index in [0.29, 0.717) is 40.7 Å². The second-order valence-electron chi connectivity index (χ2n) is 9.36. The second-order valence-corrected chi connectivity index (χ2v) is 9.80. The van der Waals surface area contributed by atoms with Gasteiger partial charge in [-0.25, -0.2) is 22.8 Å². The summed E-state index contributed by atoms with van der Waals surface area (Å²) in [6.07, 6.45) is 0. The van der Waals surface area contributed by atoms with Crippen molar-refractivity contribution in [2.24, 2.45) is 0 Å². The molecule has 7 nitrogen and oxygen atoms in total. The molecular weight excluding hydrogens is 527 g/mol. The van der Waals surface area contributed by atoms with Gasteiger partial charge in [0.2, 0.25) is 5.95 Å². The Bertz CT molecular complexity index is 1660. The van der Waals surface area contributed by atoms with Crippen LogP contribution in [0.2, 0.25) is 5.02 Å². The largest absolute Gasteiger partial charge is 0.383 e. The average molecular weight is 550 g/mol. The highest BCUT2D eigenvalue weighted by Gasteiger charge is 2.25. The van der Waals surface area contributed by atoms with E-state index in [1.807, 2.05) is 29.2 Å². The number of aromatic nitrogens is 4. The molecular formula is C28H23ClF3N7. The van der Waals surface area contributed by atoms with Gasteiger partial charge in [-0.1, -0.05) is 35.9 Å². The number of hydrogen-bond acceptors (Lipinski definition) is 6. The molecule has 1 fully saturated rings. The summed E-state index contributed by atoms with van der Waals surface area (Å²) < 4.78 is 43.9. The number of rotatable bonds is 5. The van der Waals surface area contributed by atoms with Crippen molar-refractivity contribution in [3.63, 3.8) is 0 Å². The van der Waals surface area contributed by atoms with E-state index in [9.17, 15) is 13.2 Å². The lowest BCUT2D eigenvalue weighted by Gasteiger charge is -2.34. The van der Waals surface area contributed by atoms with E-state index in [0.717, 1.165) is 42.5 Å². The van der Waals surface area contributed by atoms with Crippen molar-refractivity contribution in [3.8, 4) is 16.9 Å². The van der Waals surface area contributed by atoms with Crippen molar-refractivity contribution < 1.29 is 13.2 Å². The van der Waals surface area contributed by atoms with E-state index >= 15 is 0 Å². The molecule has 1 aliphatic rings. The molecule has 0 bridgehead atoms. The summed E-state index contributed by atoms with van der Waals surface area (Å²) in [5, 5.41) is 5.45. The third kappa shape index (κ3) is 5.00. The van der Waals surface area contributed by atoms with Gasteiger partial charge in [-0.3, -0.25) is 4.90 Å². The molecule has 39 heavy (non-hydrogen) atoms. The van der Waals surface area contributed by atoms with Gasteiger partial charge in [-0.05, 0) is 42.0 Å². The lowest BCUT2D eigenvalue weighted by molar-refractivity contribution is 0.249. The number of benzene rings is 3. The van der Waals surface area contributed by atoms with Gasteiger partial charge in [-0.2, -0.15) is 4.98 Å². The van der Waals surface area contributed by atoms with Crippen molar-refractivity contribution in [2.75, 3.05) is 36.8 Å². The molecule has 0 radical (unpaired) electrons. The second kappa shape index (κ2) is 10.2. The molecule has 1 aliphatic heterocycles. The Labute approximate surface area is 227 Å². The first-order valence-electron chi connectivity index (χ1n) is 12.3. The zero-order chi connectivity index (χ0) is 27.1. The van der Waals surface area contributed by atoms with Gasteiger partial charge >= 0.3 is 0 Å². The first-order chi connectivity index (χ1) is 18.9. The summed E-state index contributed by atoms with van der Waals surface area (Å²) in [4.78, 5) is 13.8. The number of nitrogens with zero attached hydrogens (tertiary/aromatic N) is 6. The zero-order valence-electron chi connectivity index (χ0n) is 20.7. The molecule has 3 heterocycles. The number of nitrogens with two attached hydrogens (primary N) is 1. The van der Waals surface area contributed by atoms with Crippen LogP contribution in [0.1, 0.15) is 5.56 Å². The maximum absolute atomic E-state index is 14.6. The molecule has 0 spiro atoms. The first kappa shape index (κ1) is 25.1. The molecule has 0 aliphatic carbocycles. The highest BCUT2D eigenvalue weighted by Crippen LogP contribution is 2.34. The quantitative estimate of drug-likeness (QED) is 0.314. The molecule has 198 valence electrons. The van der Waals surface area contributed by atoms with Crippen LogP contribution in [-0.4, -0.2) is 50.8 Å². The summed E-state index contributed by atoms with van der Waals surface area (Å²) in [6.45, 7) is 3.63. The maximum Gasteiger partial charge on any atom is 0.228 e. The lowest BCUT2D eigenvalue weighted by atomic mass is 10.1. The van der Waals surface area contributed by atoms with Gasteiger partial charge in [0.15, 0.2) is 5.65 Å². The molecule has 3 aromatic carbocycles. The molecule has 0 saturated carbocycles. The van der Waals surface area contributed by atoms with Gasteiger partial charge in [0, 0.05) is 49.4 Å². The number of fused-ring (bicyclic) bond motifs is 1. The maximum atomic E-state index is 14.6. The highest BCUT2D eigenvalue weighted by molar-refractivity contribution is 6.30. The Morgan fingerprint density at radius 3 is 2.33 bits per heavy atom. The predicted octanol–water partition coefficient (Wildman–Crippen LogP) is 5.46. The average Bonchev–Trinajstić information content (AvgIpc) is 3.27. The molecule has 11 heteroatoms. The molecule has 2 N–H and O–H groups in total. The van der Waals surface area contributed by atoms with E-state index in [2.05, 4.69) is 15.0 Å². The van der Waals surface area contributed by atoms with Gasteiger partial charge in [-0.15, -0.1) is 5.10 Å². The summed E-state index contributed by atoms with van der Waals surface area (Å²) in [7, 11) is 0. The van der Waals surface area contributed by atoms with Crippen LogP contribution in [0.15, 0.2) is 66.7 Å². The third-order valence-corrected chi connectivity index (χ3v) is 7.02. The first-order valence-corrected chi connectivity index (χ1v) is 12.7. The molecule has 0 amide bonds. The van der Waals surface area contributed by atoms with Crippen molar-refractivity contribution in [1.29, 1.82) is 0 Å². The van der Waals surface area contributed by atoms with Crippen molar-refractivity contribution in [3.05, 3.63) is 94.8 Å². The van der Waals surface area contributed by atoms with Crippen LogP contribution in [-0.2, 0) is 6.54 Å². The van der Waals surface area contributed by atoms with E-state index in [4.69, 9.17) is 22.3 Å². The van der Waals surface area contributed by atoms with Crippen LogP contribution in [0, 0.1) is 17.5 Å². The normalized spacial score (nSPS) is 14.3. The Morgan fingerprint density at radius 2 is 1.59 bits per heavy atom. The summed E-state index contributed by atoms with van der Waals surface area (Å²) in [5.41, 5.74) is 8.44. The van der Waals surface area contributed by atoms with Crippen molar-refractivity contribution in [2.45, 2.75) is 6.54 Å². The minimum absolute atomic E-state index is 0.0214. The molecule has 2 aromatic heterocycles. The Balaban J connectivity index is 1.37. The zero-order valence-corrected chi connectivity index (χ0v) is 21.4. The lowest BCUT2D eigenvalue weighted by Crippen LogP contribution is -2.46. The summed E-state index contributed by atoms with van der Waals surface area (Å²) in [6, 6.07) is 16.8. The van der Waals surface area contributed by atoms with E-state index < -0.39 is 17.5 Å². The Kier molecular flexibility index (Phi) is 6.58. The molecule has 0 atom stereocenters. The van der Waals surface area contributed by atoms with Gasteiger partial charge in [0.1, 0.15) is 29.0 Å². The van der Waals surface area contributed by atoms with Crippen LogP contribution < -0.4 is 10.6 Å². The minimum atomic E-state index is -0.701. The number of anilines is 2. The highest BCUT2D eigenvalue weighted by atomic mass is 35.5.